The fourth-order valence-electron chi connectivity index (χ4n) is 1.33. The van der Waals surface area contributed by atoms with Crippen LogP contribution in [0.25, 0.3) is 0 Å². The number of hydrogen-bond donors (Lipinski definition) is 1. The van der Waals surface area contributed by atoms with Crippen molar-refractivity contribution >= 4 is 5.97 Å². The van der Waals surface area contributed by atoms with Gasteiger partial charge in [0.1, 0.15) is 5.67 Å². The molecule has 0 aliphatic rings. The fourth-order valence-corrected chi connectivity index (χ4v) is 1.33. The highest BCUT2D eigenvalue weighted by Gasteiger charge is 2.26. The molecule has 0 radical (unpaired) electrons. The largest absolute Gasteiger partial charge is 0.466 e. The predicted octanol–water partition coefficient (Wildman–Crippen LogP) is 2.46. The first kappa shape index (κ1) is 15.4. The number of aliphatic hydroxyl groups is 1. The highest BCUT2D eigenvalue weighted by atomic mass is 19.1. The van der Waals surface area contributed by atoms with E-state index in [1.54, 1.807) is 0 Å². The average molecular weight is 234 g/mol. The van der Waals surface area contributed by atoms with E-state index >= 15 is 0 Å². The summed E-state index contributed by atoms with van der Waals surface area (Å²) >= 11 is 0. The molecule has 0 aliphatic carbocycles. The molecule has 0 aromatic heterocycles. The highest BCUT2D eigenvalue weighted by Crippen LogP contribution is 2.21. The number of hydrogen-bond acceptors (Lipinski definition) is 3. The molecule has 2 unspecified atom stereocenters. The van der Waals surface area contributed by atoms with Gasteiger partial charge in [-0.05, 0) is 39.0 Å². The van der Waals surface area contributed by atoms with Crippen LogP contribution in [0.15, 0.2) is 0 Å². The van der Waals surface area contributed by atoms with Crippen LogP contribution >= 0.6 is 0 Å². The maximum absolute atomic E-state index is 13.3. The number of ether oxygens (including phenoxy) is 1. The van der Waals surface area contributed by atoms with E-state index in [2.05, 4.69) is 0 Å². The Morgan fingerprint density at radius 3 is 2.38 bits per heavy atom. The number of carbonyl (C=O) groups excluding carboxylic acids is 1. The average Bonchev–Trinajstić information content (AvgIpc) is 2.11. The number of carbonyl (C=O) groups is 1. The van der Waals surface area contributed by atoms with Crippen LogP contribution in [0.3, 0.4) is 0 Å². The zero-order chi connectivity index (χ0) is 12.8. The minimum atomic E-state index is -1.55. The molecule has 3 nitrogen and oxygen atoms in total. The number of aliphatic hydroxyl groups excluding tert-OH is 1. The van der Waals surface area contributed by atoms with Crippen LogP contribution in [0.5, 0.6) is 0 Å². The summed E-state index contributed by atoms with van der Waals surface area (Å²) in [6.07, 6.45) is 0.989. The van der Waals surface area contributed by atoms with Crippen molar-refractivity contribution in [2.45, 2.75) is 58.7 Å². The quantitative estimate of drug-likeness (QED) is 0.688. The molecule has 1 N–H and O–H groups in total. The Labute approximate surface area is 97.0 Å². The Kier molecular flexibility index (Phi) is 6.56. The van der Waals surface area contributed by atoms with Crippen molar-refractivity contribution in [2.75, 3.05) is 6.61 Å². The van der Waals surface area contributed by atoms with E-state index in [1.165, 1.54) is 20.8 Å². The second-order valence-corrected chi connectivity index (χ2v) is 4.89. The fraction of sp³-hybridized carbons (Fsp3) is 0.917. The summed E-state index contributed by atoms with van der Waals surface area (Å²) in [5, 5.41) is 9.49. The first-order chi connectivity index (χ1) is 7.23. The molecule has 0 aliphatic heterocycles. The second kappa shape index (κ2) is 6.84. The van der Waals surface area contributed by atoms with E-state index in [1.807, 2.05) is 6.92 Å². The van der Waals surface area contributed by atoms with Crippen LogP contribution in [0, 0.1) is 5.92 Å². The van der Waals surface area contributed by atoms with Gasteiger partial charge in [0.05, 0.1) is 12.7 Å². The van der Waals surface area contributed by atoms with E-state index in [0.29, 0.717) is 18.9 Å². The zero-order valence-electron chi connectivity index (χ0n) is 10.6. The van der Waals surface area contributed by atoms with Crippen LogP contribution in [-0.4, -0.2) is 29.5 Å². The van der Waals surface area contributed by atoms with Gasteiger partial charge in [0.15, 0.2) is 0 Å². The molecule has 96 valence electrons. The van der Waals surface area contributed by atoms with Gasteiger partial charge in [-0.25, -0.2) is 4.39 Å². The lowest BCUT2D eigenvalue weighted by Gasteiger charge is -2.23. The van der Waals surface area contributed by atoms with Crippen molar-refractivity contribution in [2.24, 2.45) is 5.92 Å². The Balaban J connectivity index is 3.65. The molecule has 0 saturated carbocycles. The third-order valence-electron chi connectivity index (χ3n) is 2.64. The molecule has 0 rings (SSSR count). The minimum Gasteiger partial charge on any atom is -0.466 e. The molecule has 16 heavy (non-hydrogen) atoms. The lowest BCUT2D eigenvalue weighted by atomic mass is 9.94. The van der Waals surface area contributed by atoms with Crippen molar-refractivity contribution in [1.29, 1.82) is 0 Å². The van der Waals surface area contributed by atoms with Gasteiger partial charge in [-0.1, -0.05) is 6.92 Å². The number of rotatable bonds is 7. The molecule has 0 bridgehead atoms. The lowest BCUT2D eigenvalue weighted by molar-refractivity contribution is -0.141. The van der Waals surface area contributed by atoms with E-state index in [0.717, 1.165) is 12.8 Å². The van der Waals surface area contributed by atoms with Gasteiger partial charge in [-0.2, -0.15) is 0 Å². The Morgan fingerprint density at radius 2 is 1.94 bits per heavy atom. The number of alkyl halides is 1. The van der Waals surface area contributed by atoms with Gasteiger partial charge in [0, 0.05) is 6.92 Å². The molecule has 0 amide bonds. The summed E-state index contributed by atoms with van der Waals surface area (Å²) in [4.78, 5) is 10.5. The van der Waals surface area contributed by atoms with Crippen molar-refractivity contribution < 1.29 is 19.0 Å². The van der Waals surface area contributed by atoms with Gasteiger partial charge in [-0.15, -0.1) is 0 Å². The molecule has 2 atom stereocenters. The molecule has 0 aromatic rings. The van der Waals surface area contributed by atoms with Gasteiger partial charge in [0.2, 0.25) is 0 Å². The third kappa shape index (κ3) is 7.63. The first-order valence-electron chi connectivity index (χ1n) is 5.73. The molecule has 0 spiro atoms. The molecule has 4 heteroatoms. The summed E-state index contributed by atoms with van der Waals surface area (Å²) in [6, 6.07) is 0. The van der Waals surface area contributed by atoms with Crippen LogP contribution < -0.4 is 0 Å². The van der Waals surface area contributed by atoms with Crippen molar-refractivity contribution in [3.8, 4) is 0 Å². The Hall–Kier alpha value is -0.640. The topological polar surface area (TPSA) is 46.5 Å². The second-order valence-electron chi connectivity index (χ2n) is 4.89. The van der Waals surface area contributed by atoms with Crippen LogP contribution in [0.2, 0.25) is 0 Å². The van der Waals surface area contributed by atoms with E-state index in [4.69, 9.17) is 4.74 Å². The van der Waals surface area contributed by atoms with Crippen LogP contribution in [0.4, 0.5) is 4.39 Å². The molecule has 0 heterocycles. The monoisotopic (exact) mass is 234 g/mol. The predicted molar refractivity (Wildman–Crippen MR) is 60.8 cm³/mol. The van der Waals surface area contributed by atoms with Gasteiger partial charge in [-0.3, -0.25) is 4.79 Å². The van der Waals surface area contributed by atoms with Crippen molar-refractivity contribution in [3.05, 3.63) is 0 Å². The minimum absolute atomic E-state index is 0.280. The number of esters is 1. The van der Waals surface area contributed by atoms with Crippen molar-refractivity contribution in [1.82, 2.24) is 0 Å². The van der Waals surface area contributed by atoms with E-state index in [-0.39, 0.29) is 5.97 Å². The van der Waals surface area contributed by atoms with Gasteiger partial charge >= 0.3 is 5.97 Å². The third-order valence-corrected chi connectivity index (χ3v) is 2.64. The standard InChI is InChI=1S/C12H23FO3/c1-9(7-8-16-10(2)14)5-6-11(15)12(3,4)13/h9,11,15H,5-8H2,1-4H3. The molecular weight excluding hydrogens is 211 g/mol. The lowest BCUT2D eigenvalue weighted by Crippen LogP contribution is -2.31. The number of halogens is 1. The summed E-state index contributed by atoms with van der Waals surface area (Å²) in [5.74, 6) is 0.0356. The first-order valence-corrected chi connectivity index (χ1v) is 5.73. The van der Waals surface area contributed by atoms with E-state index < -0.39 is 11.8 Å². The Morgan fingerprint density at radius 1 is 1.38 bits per heavy atom. The highest BCUT2D eigenvalue weighted by molar-refractivity contribution is 5.65. The van der Waals surface area contributed by atoms with Crippen LogP contribution in [0.1, 0.15) is 47.0 Å². The molecule has 0 saturated heterocycles. The SMILES string of the molecule is CC(=O)OCCC(C)CCC(O)C(C)(C)F. The van der Waals surface area contributed by atoms with E-state index in [9.17, 15) is 14.3 Å². The van der Waals surface area contributed by atoms with Crippen molar-refractivity contribution in [3.63, 3.8) is 0 Å². The summed E-state index contributed by atoms with van der Waals surface area (Å²) in [5.41, 5.74) is -1.55. The molecule has 0 fully saturated rings. The maximum Gasteiger partial charge on any atom is 0.302 e. The Bertz CT molecular complexity index is 211. The maximum atomic E-state index is 13.3. The normalized spacial score (nSPS) is 15.6. The molecular formula is C12H23FO3. The zero-order valence-corrected chi connectivity index (χ0v) is 10.6. The van der Waals surface area contributed by atoms with Gasteiger partial charge in [0.25, 0.3) is 0 Å². The van der Waals surface area contributed by atoms with Gasteiger partial charge < -0.3 is 9.84 Å². The smallest absolute Gasteiger partial charge is 0.302 e. The molecule has 0 aromatic carbocycles. The summed E-state index contributed by atoms with van der Waals surface area (Å²) < 4.78 is 18.1. The summed E-state index contributed by atoms with van der Waals surface area (Å²) in [6.45, 7) is 6.52. The van der Waals surface area contributed by atoms with Crippen LogP contribution in [-0.2, 0) is 9.53 Å². The summed E-state index contributed by atoms with van der Waals surface area (Å²) in [7, 11) is 0.